The topological polar surface area (TPSA) is 69.4 Å². The highest BCUT2D eigenvalue weighted by molar-refractivity contribution is 7.99. The van der Waals surface area contributed by atoms with E-state index in [2.05, 4.69) is 46.3 Å². The maximum Gasteiger partial charge on any atom is 0.215 e. The summed E-state index contributed by atoms with van der Waals surface area (Å²) in [5.74, 6) is 0.720. The first-order valence-corrected chi connectivity index (χ1v) is 7.64. The van der Waals surface area contributed by atoms with Gasteiger partial charge in [0.05, 0.1) is 6.04 Å². The molecule has 3 rings (SSSR count). The smallest absolute Gasteiger partial charge is 0.215 e. The maximum absolute atomic E-state index is 6.09. The van der Waals surface area contributed by atoms with E-state index in [0.29, 0.717) is 11.2 Å². The predicted octanol–water partition coefficient (Wildman–Crippen LogP) is 2.90. The Morgan fingerprint density at radius 2 is 2.05 bits per heavy atom. The molecule has 1 fully saturated rings. The summed E-state index contributed by atoms with van der Waals surface area (Å²) in [6.07, 6.45) is 2.27. The zero-order chi connectivity index (χ0) is 14.3. The highest BCUT2D eigenvalue weighted by atomic mass is 35.5. The quantitative estimate of drug-likeness (QED) is 0.812. The Bertz CT molecular complexity index is 631. The number of nitrogens with zero attached hydrogens (tertiary/aromatic N) is 6. The molecule has 0 bridgehead atoms. The van der Waals surface area contributed by atoms with Gasteiger partial charge in [-0.15, -0.1) is 5.10 Å². The molecule has 0 unspecified atom stereocenters. The Kier molecular flexibility index (Phi) is 3.41. The van der Waals surface area contributed by atoms with Crippen LogP contribution in [-0.4, -0.2) is 30.2 Å². The van der Waals surface area contributed by atoms with Gasteiger partial charge in [-0.2, -0.15) is 0 Å². The fourth-order valence-corrected chi connectivity index (χ4v) is 2.77. The summed E-state index contributed by atoms with van der Waals surface area (Å²) in [5, 5.41) is 13.8. The molecule has 1 aliphatic rings. The van der Waals surface area contributed by atoms with Gasteiger partial charge in [-0.05, 0) is 35.0 Å². The molecule has 106 valence electrons. The molecule has 0 aromatic carbocycles. The normalized spacial score (nSPS) is 15.6. The van der Waals surface area contributed by atoms with Crippen molar-refractivity contribution in [1.82, 2.24) is 30.2 Å². The Balaban J connectivity index is 1.90. The van der Waals surface area contributed by atoms with Crippen LogP contribution < -0.4 is 0 Å². The number of hydrogen-bond acceptors (Lipinski definition) is 6. The van der Waals surface area contributed by atoms with Crippen LogP contribution >= 0.6 is 23.4 Å². The van der Waals surface area contributed by atoms with E-state index in [-0.39, 0.29) is 5.41 Å². The number of halogens is 1. The van der Waals surface area contributed by atoms with Gasteiger partial charge in [-0.1, -0.05) is 32.4 Å². The predicted molar refractivity (Wildman–Crippen MR) is 76.0 cm³/mol. The van der Waals surface area contributed by atoms with Crippen molar-refractivity contribution in [2.45, 2.75) is 55.3 Å². The van der Waals surface area contributed by atoms with Gasteiger partial charge in [0.2, 0.25) is 5.16 Å². The average Bonchev–Trinajstić information content (AvgIpc) is 3.09. The van der Waals surface area contributed by atoms with Gasteiger partial charge >= 0.3 is 0 Å². The molecular formula is C12H15ClN6S. The molecule has 1 saturated carbocycles. The van der Waals surface area contributed by atoms with Crippen molar-refractivity contribution in [2.75, 3.05) is 0 Å². The average molecular weight is 311 g/mol. The molecule has 0 N–H and O–H groups in total. The molecule has 2 aromatic heterocycles. The second-order valence-electron chi connectivity index (χ2n) is 5.84. The van der Waals surface area contributed by atoms with Gasteiger partial charge in [0.1, 0.15) is 16.0 Å². The van der Waals surface area contributed by atoms with Gasteiger partial charge < -0.3 is 0 Å². The zero-order valence-electron chi connectivity index (χ0n) is 11.5. The van der Waals surface area contributed by atoms with Crippen LogP contribution in [0.3, 0.4) is 0 Å². The van der Waals surface area contributed by atoms with Crippen molar-refractivity contribution in [1.29, 1.82) is 0 Å². The van der Waals surface area contributed by atoms with Crippen molar-refractivity contribution in [3.63, 3.8) is 0 Å². The molecule has 2 heterocycles. The Morgan fingerprint density at radius 3 is 2.70 bits per heavy atom. The highest BCUT2D eigenvalue weighted by Gasteiger charge is 2.28. The molecule has 20 heavy (non-hydrogen) atoms. The summed E-state index contributed by atoms with van der Waals surface area (Å²) in [6, 6.07) is 2.18. The van der Waals surface area contributed by atoms with Crippen LogP contribution in [0.25, 0.3) is 0 Å². The van der Waals surface area contributed by atoms with Crippen molar-refractivity contribution < 1.29 is 0 Å². The largest absolute Gasteiger partial charge is 0.225 e. The third-order valence-corrected chi connectivity index (χ3v) is 3.96. The molecule has 1 aliphatic carbocycles. The van der Waals surface area contributed by atoms with Crippen LogP contribution in [0.4, 0.5) is 0 Å². The molecule has 2 aromatic rings. The van der Waals surface area contributed by atoms with E-state index in [4.69, 9.17) is 11.6 Å². The first-order chi connectivity index (χ1) is 9.43. The van der Waals surface area contributed by atoms with Crippen molar-refractivity contribution >= 4 is 23.4 Å². The van der Waals surface area contributed by atoms with E-state index in [1.807, 2.05) is 4.68 Å². The lowest BCUT2D eigenvalue weighted by molar-refractivity contribution is 0.537. The van der Waals surface area contributed by atoms with Crippen molar-refractivity contribution in [3.05, 3.63) is 17.0 Å². The Morgan fingerprint density at radius 1 is 1.30 bits per heavy atom. The number of aromatic nitrogens is 6. The van der Waals surface area contributed by atoms with Gasteiger partial charge in [0.25, 0.3) is 0 Å². The minimum Gasteiger partial charge on any atom is -0.225 e. The molecule has 0 spiro atoms. The van der Waals surface area contributed by atoms with Gasteiger partial charge in [-0.3, -0.25) is 0 Å². The van der Waals surface area contributed by atoms with E-state index >= 15 is 0 Å². The lowest BCUT2D eigenvalue weighted by atomic mass is 9.96. The maximum atomic E-state index is 6.09. The minimum absolute atomic E-state index is 0.150. The molecule has 8 heteroatoms. The Hall–Kier alpha value is -1.21. The number of tetrazole rings is 1. The molecule has 6 nitrogen and oxygen atoms in total. The van der Waals surface area contributed by atoms with E-state index in [0.717, 1.165) is 28.8 Å². The van der Waals surface area contributed by atoms with Crippen LogP contribution in [0.1, 0.15) is 45.5 Å². The van der Waals surface area contributed by atoms with Crippen LogP contribution in [0, 0.1) is 0 Å². The van der Waals surface area contributed by atoms with Crippen LogP contribution in [0.15, 0.2) is 16.2 Å². The summed E-state index contributed by atoms with van der Waals surface area (Å²) < 4.78 is 1.86. The molecule has 0 saturated heterocycles. The minimum atomic E-state index is -0.150. The molecule has 0 aliphatic heterocycles. The second kappa shape index (κ2) is 4.96. The van der Waals surface area contributed by atoms with Crippen LogP contribution in [-0.2, 0) is 5.41 Å². The summed E-state index contributed by atoms with van der Waals surface area (Å²) >= 11 is 7.51. The fraction of sp³-hybridized carbons (Fsp3) is 0.583. The van der Waals surface area contributed by atoms with Gasteiger partial charge in [-0.25, -0.2) is 14.6 Å². The molecule has 0 atom stereocenters. The zero-order valence-corrected chi connectivity index (χ0v) is 13.1. The van der Waals surface area contributed by atoms with E-state index in [1.54, 1.807) is 6.07 Å². The van der Waals surface area contributed by atoms with E-state index in [1.165, 1.54) is 11.8 Å². The number of hydrogen-bond donors (Lipinski definition) is 0. The summed E-state index contributed by atoms with van der Waals surface area (Å²) in [5.41, 5.74) is -0.150. The summed E-state index contributed by atoms with van der Waals surface area (Å²) in [6.45, 7) is 6.17. The highest BCUT2D eigenvalue weighted by Crippen LogP contribution is 2.38. The third kappa shape index (κ3) is 2.93. The van der Waals surface area contributed by atoms with Crippen LogP contribution in [0.5, 0.6) is 0 Å². The lowest BCUT2D eigenvalue weighted by Crippen LogP contribution is -2.16. The van der Waals surface area contributed by atoms with Gasteiger partial charge in [0.15, 0.2) is 0 Å². The third-order valence-electron chi connectivity index (χ3n) is 2.89. The monoisotopic (exact) mass is 310 g/mol. The van der Waals surface area contributed by atoms with E-state index < -0.39 is 0 Å². The fourth-order valence-electron chi connectivity index (χ4n) is 1.68. The van der Waals surface area contributed by atoms with Crippen molar-refractivity contribution in [3.8, 4) is 0 Å². The van der Waals surface area contributed by atoms with Crippen molar-refractivity contribution in [2.24, 2.45) is 0 Å². The van der Waals surface area contributed by atoms with E-state index in [9.17, 15) is 0 Å². The first kappa shape index (κ1) is 13.8. The Labute approximate surface area is 126 Å². The lowest BCUT2D eigenvalue weighted by Gasteiger charge is -2.17. The first-order valence-electron chi connectivity index (χ1n) is 6.44. The summed E-state index contributed by atoms with van der Waals surface area (Å²) in [7, 11) is 0. The van der Waals surface area contributed by atoms with Crippen LogP contribution in [0.2, 0.25) is 5.15 Å². The standard InChI is InChI=1S/C12H15ClN6S/c1-12(2,3)10-14-8(13)6-9(15-10)20-11-16-17-18-19(11)7-4-5-7/h6-7H,4-5H2,1-3H3. The molecule has 0 radical (unpaired) electrons. The molecular weight excluding hydrogens is 296 g/mol. The molecule has 0 amide bonds. The van der Waals surface area contributed by atoms with Gasteiger partial charge in [0, 0.05) is 11.5 Å². The SMILES string of the molecule is CC(C)(C)c1nc(Cl)cc(Sc2nnnn2C2CC2)n1. The second-order valence-corrected chi connectivity index (χ2v) is 7.22. The summed E-state index contributed by atoms with van der Waals surface area (Å²) in [4.78, 5) is 8.85. The number of rotatable bonds is 3.